The number of aryl methyl sites for hydroxylation is 1. The summed E-state index contributed by atoms with van der Waals surface area (Å²) >= 11 is 0. The summed E-state index contributed by atoms with van der Waals surface area (Å²) in [7, 11) is 0. The second kappa shape index (κ2) is 8.43. The van der Waals surface area contributed by atoms with Gasteiger partial charge in [-0.15, -0.1) is 0 Å². The van der Waals surface area contributed by atoms with Crippen molar-refractivity contribution >= 4 is 5.91 Å². The minimum absolute atomic E-state index is 0.105. The molecule has 0 spiro atoms. The van der Waals surface area contributed by atoms with Crippen LogP contribution in [0.4, 0.5) is 0 Å². The standard InChI is InChI=1S/C22H31N5O/c1-17(2)16-27-11-4-10-25-14-9-24-21(25)20(27)18-6-12-26(13-7-18)22(28)19-5-3-8-23-15-19/h3,5,8-9,14-15,17-18,20H,4,6-7,10-13,16H2,1-2H3. The molecule has 4 heterocycles. The Balaban J connectivity index is 1.49. The van der Waals surface area contributed by atoms with Gasteiger partial charge in [-0.05, 0) is 43.2 Å². The van der Waals surface area contributed by atoms with Gasteiger partial charge in [0.1, 0.15) is 5.82 Å². The quantitative estimate of drug-likeness (QED) is 0.816. The summed E-state index contributed by atoms with van der Waals surface area (Å²) in [5.41, 5.74) is 0.687. The summed E-state index contributed by atoms with van der Waals surface area (Å²) < 4.78 is 2.35. The van der Waals surface area contributed by atoms with Crippen molar-refractivity contribution in [2.75, 3.05) is 26.2 Å². The third kappa shape index (κ3) is 3.97. The minimum Gasteiger partial charge on any atom is -0.339 e. The molecule has 6 nitrogen and oxygen atoms in total. The van der Waals surface area contributed by atoms with E-state index in [0.717, 1.165) is 45.6 Å². The Morgan fingerprint density at radius 1 is 1.18 bits per heavy atom. The molecule has 28 heavy (non-hydrogen) atoms. The molecule has 1 unspecified atom stereocenters. The molecule has 0 radical (unpaired) electrons. The van der Waals surface area contributed by atoms with E-state index in [4.69, 9.17) is 4.98 Å². The third-order valence-corrected chi connectivity index (χ3v) is 6.03. The fraction of sp³-hybridized carbons (Fsp3) is 0.591. The predicted octanol–water partition coefficient (Wildman–Crippen LogP) is 3.23. The van der Waals surface area contributed by atoms with Crippen molar-refractivity contribution in [3.63, 3.8) is 0 Å². The molecule has 0 aliphatic carbocycles. The molecule has 4 rings (SSSR count). The van der Waals surface area contributed by atoms with Crippen LogP contribution in [-0.2, 0) is 6.54 Å². The van der Waals surface area contributed by atoms with Crippen LogP contribution < -0.4 is 0 Å². The zero-order valence-corrected chi connectivity index (χ0v) is 17.0. The predicted molar refractivity (Wildman–Crippen MR) is 109 cm³/mol. The van der Waals surface area contributed by atoms with Crippen molar-refractivity contribution < 1.29 is 4.79 Å². The molecule has 2 aliphatic heterocycles. The number of imidazole rings is 1. The largest absolute Gasteiger partial charge is 0.339 e. The smallest absolute Gasteiger partial charge is 0.255 e. The molecule has 0 N–H and O–H groups in total. The van der Waals surface area contributed by atoms with Crippen molar-refractivity contribution in [3.8, 4) is 0 Å². The molecule has 0 bridgehead atoms. The van der Waals surface area contributed by atoms with Gasteiger partial charge in [0, 0.05) is 57.5 Å². The fourth-order valence-electron chi connectivity index (χ4n) is 4.80. The van der Waals surface area contributed by atoms with E-state index in [2.05, 4.69) is 34.5 Å². The number of aromatic nitrogens is 3. The maximum absolute atomic E-state index is 12.8. The van der Waals surface area contributed by atoms with Crippen molar-refractivity contribution in [2.45, 2.75) is 45.7 Å². The van der Waals surface area contributed by atoms with Crippen LogP contribution in [0.5, 0.6) is 0 Å². The summed E-state index contributed by atoms with van der Waals surface area (Å²) in [5.74, 6) is 2.50. The van der Waals surface area contributed by atoms with Gasteiger partial charge in [0.15, 0.2) is 0 Å². The summed E-state index contributed by atoms with van der Waals surface area (Å²) in [6.07, 6.45) is 10.7. The number of hydrogen-bond donors (Lipinski definition) is 0. The summed E-state index contributed by atoms with van der Waals surface area (Å²) in [5, 5.41) is 0. The van der Waals surface area contributed by atoms with Crippen LogP contribution in [0.15, 0.2) is 36.9 Å². The van der Waals surface area contributed by atoms with Crippen LogP contribution in [0.2, 0.25) is 0 Å². The van der Waals surface area contributed by atoms with Gasteiger partial charge in [-0.25, -0.2) is 4.98 Å². The average Bonchev–Trinajstić information content (AvgIpc) is 3.10. The van der Waals surface area contributed by atoms with Crippen LogP contribution in [0.3, 0.4) is 0 Å². The highest BCUT2D eigenvalue weighted by Crippen LogP contribution is 2.37. The van der Waals surface area contributed by atoms with Gasteiger partial charge in [0.25, 0.3) is 5.91 Å². The molecular weight excluding hydrogens is 350 g/mol. The number of nitrogens with zero attached hydrogens (tertiary/aromatic N) is 5. The zero-order valence-electron chi connectivity index (χ0n) is 17.0. The number of fused-ring (bicyclic) bond motifs is 1. The summed E-state index contributed by atoms with van der Waals surface area (Å²) in [4.78, 5) is 26.3. The lowest BCUT2D eigenvalue weighted by Crippen LogP contribution is -2.44. The van der Waals surface area contributed by atoms with E-state index in [1.807, 2.05) is 23.2 Å². The number of rotatable bonds is 4. The van der Waals surface area contributed by atoms with E-state index >= 15 is 0 Å². The second-order valence-electron chi connectivity index (χ2n) is 8.54. The molecule has 6 heteroatoms. The Hall–Kier alpha value is -2.21. The number of carbonyl (C=O) groups excluding carboxylic acids is 1. The lowest BCUT2D eigenvalue weighted by molar-refractivity contribution is 0.0549. The van der Waals surface area contributed by atoms with Crippen molar-refractivity contribution in [1.29, 1.82) is 0 Å². The summed E-state index contributed by atoms with van der Waals surface area (Å²) in [6.45, 7) is 9.50. The molecule has 150 valence electrons. The molecule has 2 aromatic rings. The Kier molecular flexibility index (Phi) is 5.76. The maximum Gasteiger partial charge on any atom is 0.255 e. The molecule has 1 fully saturated rings. The Bertz CT molecular complexity index is 779. The molecule has 0 aromatic carbocycles. The highest BCUT2D eigenvalue weighted by molar-refractivity contribution is 5.93. The van der Waals surface area contributed by atoms with Crippen molar-refractivity contribution in [2.24, 2.45) is 11.8 Å². The van der Waals surface area contributed by atoms with Crippen molar-refractivity contribution in [1.82, 2.24) is 24.3 Å². The lowest BCUT2D eigenvalue weighted by atomic mass is 9.87. The third-order valence-electron chi connectivity index (χ3n) is 6.03. The van der Waals surface area contributed by atoms with E-state index in [9.17, 15) is 4.79 Å². The first-order chi connectivity index (χ1) is 13.6. The van der Waals surface area contributed by atoms with Gasteiger partial charge in [0.05, 0.1) is 11.6 Å². The second-order valence-corrected chi connectivity index (χ2v) is 8.54. The fourth-order valence-corrected chi connectivity index (χ4v) is 4.80. The minimum atomic E-state index is 0.105. The van der Waals surface area contributed by atoms with Gasteiger partial charge in [0.2, 0.25) is 0 Å². The summed E-state index contributed by atoms with van der Waals surface area (Å²) in [6, 6.07) is 4.04. The van der Waals surface area contributed by atoms with Gasteiger partial charge < -0.3 is 9.47 Å². The number of likely N-dealkylation sites (tertiary alicyclic amines) is 1. The highest BCUT2D eigenvalue weighted by Gasteiger charge is 2.36. The number of pyridine rings is 1. The van der Waals surface area contributed by atoms with Crippen LogP contribution in [0.25, 0.3) is 0 Å². The normalized spacial score (nSPS) is 21.5. The van der Waals surface area contributed by atoms with Gasteiger partial charge in [-0.3, -0.25) is 14.7 Å². The van der Waals surface area contributed by atoms with E-state index < -0.39 is 0 Å². The first kappa shape index (κ1) is 19.1. The van der Waals surface area contributed by atoms with Gasteiger partial charge in [-0.2, -0.15) is 0 Å². The Morgan fingerprint density at radius 2 is 2.00 bits per heavy atom. The van der Waals surface area contributed by atoms with E-state index in [0.29, 0.717) is 23.4 Å². The van der Waals surface area contributed by atoms with E-state index in [1.165, 1.54) is 12.2 Å². The maximum atomic E-state index is 12.8. The van der Waals surface area contributed by atoms with Gasteiger partial charge >= 0.3 is 0 Å². The van der Waals surface area contributed by atoms with Crippen LogP contribution in [-0.4, -0.2) is 56.4 Å². The number of piperidine rings is 1. The monoisotopic (exact) mass is 381 g/mol. The Labute approximate surface area is 167 Å². The Morgan fingerprint density at radius 3 is 2.71 bits per heavy atom. The highest BCUT2D eigenvalue weighted by atomic mass is 16.2. The molecule has 1 saturated heterocycles. The molecule has 2 aliphatic rings. The first-order valence-electron chi connectivity index (χ1n) is 10.6. The topological polar surface area (TPSA) is 54.3 Å². The number of amides is 1. The average molecular weight is 382 g/mol. The van der Waals surface area contributed by atoms with Crippen LogP contribution in [0.1, 0.15) is 55.3 Å². The molecule has 0 saturated carbocycles. The molecule has 2 aromatic heterocycles. The van der Waals surface area contributed by atoms with E-state index in [1.54, 1.807) is 12.4 Å². The van der Waals surface area contributed by atoms with Gasteiger partial charge in [-0.1, -0.05) is 13.8 Å². The SMILES string of the molecule is CC(C)CN1CCCn2ccnc2C1C1CCN(C(=O)c2cccnc2)CC1. The van der Waals surface area contributed by atoms with Crippen LogP contribution in [0, 0.1) is 11.8 Å². The first-order valence-corrected chi connectivity index (χ1v) is 10.6. The van der Waals surface area contributed by atoms with E-state index in [-0.39, 0.29) is 5.91 Å². The van der Waals surface area contributed by atoms with Crippen molar-refractivity contribution in [3.05, 3.63) is 48.3 Å². The molecule has 1 atom stereocenters. The van der Waals surface area contributed by atoms with Crippen LogP contribution >= 0.6 is 0 Å². The zero-order chi connectivity index (χ0) is 19.5. The number of carbonyl (C=O) groups is 1. The lowest BCUT2D eigenvalue weighted by Gasteiger charge is -2.40. The molecular formula is C22H31N5O. The molecule has 1 amide bonds. The number of hydrogen-bond acceptors (Lipinski definition) is 4.